The maximum Gasteiger partial charge on any atom is 0.356 e. The molecule has 1 aliphatic rings. The molecule has 1 fully saturated rings. The molecule has 0 radical (unpaired) electrons. The molecule has 110 valence electrons. The van der Waals surface area contributed by atoms with Crippen LogP contribution in [0.4, 0.5) is 14.6 Å². The summed E-state index contributed by atoms with van der Waals surface area (Å²) in [5.41, 5.74) is -0.142. The Morgan fingerprint density at radius 2 is 2.20 bits per heavy atom. The highest BCUT2D eigenvalue weighted by Gasteiger charge is 2.34. The van der Waals surface area contributed by atoms with Crippen molar-refractivity contribution >= 4 is 11.8 Å². The Hall–Kier alpha value is -1.79. The van der Waals surface area contributed by atoms with Crippen LogP contribution in [0.15, 0.2) is 12.4 Å². The number of nitrogens with one attached hydrogen (secondary N) is 1. The van der Waals surface area contributed by atoms with Gasteiger partial charge in [-0.2, -0.15) is 0 Å². The molecule has 0 saturated heterocycles. The number of aromatic carboxylic acids is 1. The van der Waals surface area contributed by atoms with Gasteiger partial charge in [0.25, 0.3) is 0 Å². The van der Waals surface area contributed by atoms with Crippen molar-refractivity contribution in [3.8, 4) is 0 Å². The van der Waals surface area contributed by atoms with Crippen LogP contribution in [-0.4, -0.2) is 33.5 Å². The molecule has 0 spiro atoms. The van der Waals surface area contributed by atoms with E-state index in [-0.39, 0.29) is 24.5 Å². The molecule has 1 aliphatic carbocycles. The molecule has 0 aliphatic heterocycles. The molecule has 0 amide bonds. The lowest BCUT2D eigenvalue weighted by Crippen LogP contribution is -2.23. The summed E-state index contributed by atoms with van der Waals surface area (Å²) in [5, 5.41) is 11.6. The van der Waals surface area contributed by atoms with Crippen LogP contribution in [0.1, 0.15) is 42.6 Å². The fourth-order valence-corrected chi connectivity index (χ4v) is 2.40. The van der Waals surface area contributed by atoms with Gasteiger partial charge in [-0.15, -0.1) is 0 Å². The maximum absolute atomic E-state index is 13.5. The number of aromatic nitrogens is 2. The van der Waals surface area contributed by atoms with Crippen LogP contribution in [0.2, 0.25) is 0 Å². The number of hydrogen-bond acceptors (Lipinski definition) is 4. The molecule has 1 saturated carbocycles. The van der Waals surface area contributed by atoms with Crippen molar-refractivity contribution in [2.24, 2.45) is 5.92 Å². The van der Waals surface area contributed by atoms with Gasteiger partial charge >= 0.3 is 5.97 Å². The first-order chi connectivity index (χ1) is 9.46. The third kappa shape index (κ3) is 4.11. The molecule has 2 rings (SSSR count). The normalized spacial score (nSPS) is 22.0. The molecule has 1 unspecified atom stereocenters. The first kappa shape index (κ1) is 14.6. The minimum absolute atomic E-state index is 0.0311. The van der Waals surface area contributed by atoms with Crippen LogP contribution in [0, 0.1) is 5.92 Å². The van der Waals surface area contributed by atoms with Crippen LogP contribution in [-0.2, 0) is 0 Å². The Balaban J connectivity index is 1.89. The van der Waals surface area contributed by atoms with Crippen molar-refractivity contribution in [1.29, 1.82) is 0 Å². The van der Waals surface area contributed by atoms with Gasteiger partial charge in [-0.3, -0.25) is 0 Å². The molecule has 7 heteroatoms. The molecule has 1 atom stereocenters. The number of carboxylic acid groups (broad SMARTS) is 1. The molecule has 1 aromatic heterocycles. The standard InChI is InChI=1S/C13H17F2N3O2/c14-13(15)4-2-1-3-9(5-13)6-17-11-8-16-10(7-18-11)12(19)20/h7-9H,1-6H2,(H,17,18)(H,19,20). The Kier molecular flexibility index (Phi) is 4.46. The average Bonchev–Trinajstić information content (AvgIpc) is 2.57. The van der Waals surface area contributed by atoms with Gasteiger partial charge in [-0.25, -0.2) is 23.5 Å². The Bertz CT molecular complexity index is 465. The summed E-state index contributed by atoms with van der Waals surface area (Å²) in [6.07, 6.45) is 4.45. The van der Waals surface area contributed by atoms with E-state index in [9.17, 15) is 13.6 Å². The van der Waals surface area contributed by atoms with Crippen LogP contribution in [0.5, 0.6) is 0 Å². The van der Waals surface area contributed by atoms with Crippen molar-refractivity contribution in [2.75, 3.05) is 11.9 Å². The van der Waals surface area contributed by atoms with Gasteiger partial charge in [0.2, 0.25) is 5.92 Å². The second-order valence-electron chi connectivity index (χ2n) is 5.14. The second kappa shape index (κ2) is 6.11. The maximum atomic E-state index is 13.5. The van der Waals surface area contributed by atoms with Gasteiger partial charge in [-0.05, 0) is 18.8 Å². The Labute approximate surface area is 115 Å². The summed E-state index contributed by atoms with van der Waals surface area (Å²) >= 11 is 0. The van der Waals surface area contributed by atoms with Crippen molar-refractivity contribution < 1.29 is 18.7 Å². The smallest absolute Gasteiger partial charge is 0.356 e. The minimum atomic E-state index is -2.58. The first-order valence-electron chi connectivity index (χ1n) is 6.63. The van der Waals surface area contributed by atoms with Gasteiger partial charge in [0, 0.05) is 19.4 Å². The van der Waals surface area contributed by atoms with E-state index >= 15 is 0 Å². The van der Waals surface area contributed by atoms with Crippen molar-refractivity contribution in [1.82, 2.24) is 9.97 Å². The van der Waals surface area contributed by atoms with E-state index < -0.39 is 11.9 Å². The summed E-state index contributed by atoms with van der Waals surface area (Å²) in [6.45, 7) is 0.399. The van der Waals surface area contributed by atoms with Gasteiger partial charge in [0.15, 0.2) is 5.69 Å². The van der Waals surface area contributed by atoms with Crippen molar-refractivity contribution in [3.05, 3.63) is 18.1 Å². The van der Waals surface area contributed by atoms with Gasteiger partial charge in [0.05, 0.1) is 12.4 Å². The van der Waals surface area contributed by atoms with E-state index in [0.29, 0.717) is 18.8 Å². The topological polar surface area (TPSA) is 75.1 Å². The summed E-state index contributed by atoms with van der Waals surface area (Å²) in [6, 6.07) is 0. The highest BCUT2D eigenvalue weighted by atomic mass is 19.3. The molecule has 2 N–H and O–H groups in total. The number of rotatable bonds is 4. The van der Waals surface area contributed by atoms with Gasteiger partial charge in [-0.1, -0.05) is 6.42 Å². The van der Waals surface area contributed by atoms with Gasteiger partial charge < -0.3 is 10.4 Å². The lowest BCUT2D eigenvalue weighted by atomic mass is 9.99. The van der Waals surface area contributed by atoms with Crippen molar-refractivity contribution in [2.45, 2.75) is 38.0 Å². The molecule has 1 heterocycles. The highest BCUT2D eigenvalue weighted by Crippen LogP contribution is 2.35. The fraction of sp³-hybridized carbons (Fsp3) is 0.615. The predicted molar refractivity (Wildman–Crippen MR) is 69.0 cm³/mol. The lowest BCUT2D eigenvalue weighted by Gasteiger charge is -2.20. The third-order valence-corrected chi connectivity index (χ3v) is 3.44. The number of carboxylic acids is 1. The number of carbonyl (C=O) groups is 1. The predicted octanol–water partition coefficient (Wildman–Crippen LogP) is 2.80. The number of hydrogen-bond donors (Lipinski definition) is 2. The zero-order valence-electron chi connectivity index (χ0n) is 11.0. The quantitative estimate of drug-likeness (QED) is 0.832. The van der Waals surface area contributed by atoms with Crippen LogP contribution >= 0.6 is 0 Å². The van der Waals surface area contributed by atoms with E-state index in [1.54, 1.807) is 0 Å². The minimum Gasteiger partial charge on any atom is -0.476 e. The zero-order chi connectivity index (χ0) is 14.6. The van der Waals surface area contributed by atoms with Gasteiger partial charge in [0.1, 0.15) is 5.82 Å². The highest BCUT2D eigenvalue weighted by molar-refractivity contribution is 5.84. The molecular formula is C13H17F2N3O2. The summed E-state index contributed by atoms with van der Waals surface area (Å²) in [5.74, 6) is -3.43. The molecule has 0 aromatic carbocycles. The molecule has 1 aromatic rings. The molecule has 20 heavy (non-hydrogen) atoms. The zero-order valence-corrected chi connectivity index (χ0v) is 11.0. The van der Waals surface area contributed by atoms with E-state index in [1.807, 2.05) is 0 Å². The molecule has 0 bridgehead atoms. The summed E-state index contributed by atoms with van der Waals surface area (Å²) < 4.78 is 26.9. The Morgan fingerprint density at radius 3 is 2.85 bits per heavy atom. The van der Waals surface area contributed by atoms with E-state index in [4.69, 9.17) is 5.11 Å². The Morgan fingerprint density at radius 1 is 1.40 bits per heavy atom. The molecule has 5 nitrogen and oxygen atoms in total. The monoisotopic (exact) mass is 285 g/mol. The average molecular weight is 285 g/mol. The van der Waals surface area contributed by atoms with E-state index in [2.05, 4.69) is 15.3 Å². The number of alkyl halides is 2. The fourth-order valence-electron chi connectivity index (χ4n) is 2.40. The SMILES string of the molecule is O=C(O)c1cnc(NCC2CCCCC(F)(F)C2)cn1. The van der Waals surface area contributed by atoms with Crippen molar-refractivity contribution in [3.63, 3.8) is 0 Å². The second-order valence-corrected chi connectivity index (χ2v) is 5.14. The largest absolute Gasteiger partial charge is 0.476 e. The summed E-state index contributed by atoms with van der Waals surface area (Å²) in [7, 11) is 0. The molecular weight excluding hydrogens is 268 g/mol. The van der Waals surface area contributed by atoms with Crippen LogP contribution in [0.25, 0.3) is 0 Å². The summed E-state index contributed by atoms with van der Waals surface area (Å²) in [4.78, 5) is 18.2. The lowest BCUT2D eigenvalue weighted by molar-refractivity contribution is -0.0237. The van der Waals surface area contributed by atoms with E-state index in [0.717, 1.165) is 19.0 Å². The third-order valence-electron chi connectivity index (χ3n) is 3.44. The van der Waals surface area contributed by atoms with Crippen LogP contribution in [0.3, 0.4) is 0 Å². The van der Waals surface area contributed by atoms with E-state index in [1.165, 1.54) is 6.20 Å². The number of nitrogens with zero attached hydrogens (tertiary/aromatic N) is 2. The number of anilines is 1. The number of halogens is 2. The van der Waals surface area contributed by atoms with Crippen LogP contribution < -0.4 is 5.32 Å². The first-order valence-corrected chi connectivity index (χ1v) is 6.63.